The monoisotopic (exact) mass is 716 g/mol. The van der Waals surface area contributed by atoms with Crippen molar-refractivity contribution in [3.05, 3.63) is 136 Å². The number of hydrogen-bond donors (Lipinski definition) is 1. The molecule has 6 rings (SSSR count). The number of ketones is 2. The fraction of sp³-hybridized carbons (Fsp3) is 0.273. The number of aromatic hydroxyl groups is 1. The van der Waals surface area contributed by atoms with Crippen LogP contribution in [-0.4, -0.2) is 16.7 Å². The summed E-state index contributed by atoms with van der Waals surface area (Å²) < 4.78 is 0. The van der Waals surface area contributed by atoms with E-state index in [4.69, 9.17) is 0 Å². The van der Waals surface area contributed by atoms with Crippen molar-refractivity contribution in [1.82, 2.24) is 0 Å². The van der Waals surface area contributed by atoms with Gasteiger partial charge < -0.3 is 5.11 Å². The highest BCUT2D eigenvalue weighted by molar-refractivity contribution is 8.00. The molecule has 0 atom stereocenters. The molecular formula is C44H44O3S3. The van der Waals surface area contributed by atoms with Gasteiger partial charge in [-0.3, -0.25) is 9.59 Å². The van der Waals surface area contributed by atoms with E-state index in [0.717, 1.165) is 14.7 Å². The van der Waals surface area contributed by atoms with Crippen LogP contribution in [0.25, 0.3) is 0 Å². The third kappa shape index (κ3) is 7.35. The Bertz CT molecular complexity index is 2090. The van der Waals surface area contributed by atoms with Crippen LogP contribution in [0.1, 0.15) is 111 Å². The van der Waals surface area contributed by atoms with Crippen molar-refractivity contribution in [2.75, 3.05) is 0 Å². The predicted molar refractivity (Wildman–Crippen MR) is 209 cm³/mol. The second-order valence-corrected chi connectivity index (χ2v) is 19.3. The van der Waals surface area contributed by atoms with Gasteiger partial charge in [-0.1, -0.05) is 134 Å². The Balaban J connectivity index is 1.46. The minimum Gasteiger partial charge on any atom is -0.507 e. The van der Waals surface area contributed by atoms with Gasteiger partial charge in [0.05, 0.1) is 11.1 Å². The summed E-state index contributed by atoms with van der Waals surface area (Å²) in [7, 11) is 0. The van der Waals surface area contributed by atoms with Crippen molar-refractivity contribution >= 4 is 46.9 Å². The zero-order valence-corrected chi connectivity index (χ0v) is 32.7. The number of rotatable bonds is 6. The van der Waals surface area contributed by atoms with E-state index < -0.39 is 0 Å². The lowest BCUT2D eigenvalue weighted by Crippen LogP contribution is -2.23. The summed E-state index contributed by atoms with van der Waals surface area (Å²) in [5.41, 5.74) is 4.76. The molecule has 50 heavy (non-hydrogen) atoms. The molecule has 256 valence electrons. The first kappa shape index (κ1) is 36.1. The molecule has 6 heteroatoms. The van der Waals surface area contributed by atoms with Crippen LogP contribution in [-0.2, 0) is 16.2 Å². The number of fused-ring (bicyclic) bond motifs is 2. The number of phenols is 1. The molecule has 0 saturated heterocycles. The Morgan fingerprint density at radius 2 is 0.640 bits per heavy atom. The van der Waals surface area contributed by atoms with E-state index in [1.165, 1.54) is 58.0 Å². The van der Waals surface area contributed by atoms with Crippen molar-refractivity contribution < 1.29 is 14.7 Å². The first-order valence-corrected chi connectivity index (χ1v) is 19.3. The van der Waals surface area contributed by atoms with Gasteiger partial charge in [0.2, 0.25) is 0 Å². The van der Waals surface area contributed by atoms with E-state index in [0.29, 0.717) is 25.8 Å². The number of phenolic OH excluding ortho intramolecular Hbond substituents is 1. The van der Waals surface area contributed by atoms with Gasteiger partial charge in [-0.05, 0) is 93.6 Å². The van der Waals surface area contributed by atoms with Gasteiger partial charge in [0.25, 0.3) is 0 Å². The van der Waals surface area contributed by atoms with Crippen molar-refractivity contribution in [3.8, 4) is 5.75 Å². The van der Waals surface area contributed by atoms with Gasteiger partial charge in [0.15, 0.2) is 11.6 Å². The fourth-order valence-electron chi connectivity index (χ4n) is 6.00. The first-order chi connectivity index (χ1) is 23.4. The van der Waals surface area contributed by atoms with Crippen LogP contribution in [0.2, 0.25) is 0 Å². The molecule has 0 heterocycles. The SMILES string of the molecule is CC(C)(C)c1ccc(Sc2ccc(O)c3c2C(=O)c2c(Sc4ccc(C(C)(C)C)cc4)ccc(Sc4ccc(C(C)(C)C)cc4)c2C3=O)cc1. The van der Waals surface area contributed by atoms with E-state index in [9.17, 15) is 14.7 Å². The molecule has 0 amide bonds. The Labute approximate surface area is 309 Å². The topological polar surface area (TPSA) is 54.4 Å². The summed E-state index contributed by atoms with van der Waals surface area (Å²) in [6.07, 6.45) is 0. The maximum Gasteiger partial charge on any atom is 0.199 e. The highest BCUT2D eigenvalue weighted by atomic mass is 32.2. The Hall–Kier alpha value is -3.71. The summed E-state index contributed by atoms with van der Waals surface area (Å²) in [5.74, 6) is -0.770. The lowest BCUT2D eigenvalue weighted by molar-refractivity contribution is 0.0970. The minimum atomic E-state index is -0.336. The van der Waals surface area contributed by atoms with Crippen LogP contribution >= 0.6 is 35.3 Å². The molecule has 0 unspecified atom stereocenters. The molecule has 1 aliphatic carbocycles. The summed E-state index contributed by atoms with van der Waals surface area (Å²) >= 11 is 4.39. The van der Waals surface area contributed by atoms with Crippen molar-refractivity contribution in [3.63, 3.8) is 0 Å². The Morgan fingerprint density at radius 1 is 0.380 bits per heavy atom. The third-order valence-corrected chi connectivity index (χ3v) is 12.2. The molecule has 0 saturated carbocycles. The number of carbonyl (C=O) groups excluding carboxylic acids is 2. The maximum atomic E-state index is 14.9. The molecular weight excluding hydrogens is 673 g/mol. The van der Waals surface area contributed by atoms with E-state index >= 15 is 0 Å². The molecule has 1 N–H and O–H groups in total. The van der Waals surface area contributed by atoms with E-state index in [2.05, 4.69) is 135 Å². The van der Waals surface area contributed by atoms with E-state index in [1.54, 1.807) is 6.07 Å². The predicted octanol–water partition coefficient (Wildman–Crippen LogP) is 12.5. The molecule has 0 bridgehead atoms. The molecule has 5 aromatic carbocycles. The number of carbonyl (C=O) groups is 2. The zero-order valence-electron chi connectivity index (χ0n) is 30.2. The van der Waals surface area contributed by atoms with Crippen molar-refractivity contribution in [1.29, 1.82) is 0 Å². The largest absolute Gasteiger partial charge is 0.507 e. The van der Waals surface area contributed by atoms with Crippen LogP contribution < -0.4 is 0 Å². The summed E-state index contributed by atoms with van der Waals surface area (Å²) in [6.45, 7) is 19.6. The van der Waals surface area contributed by atoms with Crippen LogP contribution in [0.4, 0.5) is 0 Å². The zero-order chi connectivity index (χ0) is 36.2. The van der Waals surface area contributed by atoms with Gasteiger partial charge in [-0.2, -0.15) is 0 Å². The molecule has 3 nitrogen and oxygen atoms in total. The van der Waals surface area contributed by atoms with Gasteiger partial charge in [-0.15, -0.1) is 0 Å². The average molecular weight is 717 g/mol. The third-order valence-electron chi connectivity index (χ3n) is 9.03. The molecule has 0 radical (unpaired) electrons. The second-order valence-electron chi connectivity index (χ2n) is 15.9. The summed E-state index contributed by atoms with van der Waals surface area (Å²) in [5, 5.41) is 11.2. The first-order valence-electron chi connectivity index (χ1n) is 16.9. The molecule has 0 spiro atoms. The van der Waals surface area contributed by atoms with E-state index in [-0.39, 0.29) is 44.7 Å². The van der Waals surface area contributed by atoms with Crippen molar-refractivity contribution in [2.45, 2.75) is 108 Å². The minimum absolute atomic E-state index is 0.0124. The van der Waals surface area contributed by atoms with Gasteiger partial charge in [0, 0.05) is 40.5 Å². The van der Waals surface area contributed by atoms with Gasteiger partial charge >= 0.3 is 0 Å². The summed E-state index contributed by atoms with van der Waals surface area (Å²) in [6, 6.07) is 32.3. The molecule has 0 aliphatic heterocycles. The highest BCUT2D eigenvalue weighted by Crippen LogP contribution is 2.47. The van der Waals surface area contributed by atoms with Crippen LogP contribution in [0, 0.1) is 0 Å². The molecule has 1 aliphatic rings. The lowest BCUT2D eigenvalue weighted by Gasteiger charge is -2.25. The fourth-order valence-corrected chi connectivity index (χ4v) is 8.88. The van der Waals surface area contributed by atoms with Crippen LogP contribution in [0.15, 0.2) is 126 Å². The second kappa shape index (κ2) is 13.4. The van der Waals surface area contributed by atoms with Crippen LogP contribution in [0.3, 0.4) is 0 Å². The smallest absolute Gasteiger partial charge is 0.199 e. The average Bonchev–Trinajstić information content (AvgIpc) is 3.04. The lowest BCUT2D eigenvalue weighted by atomic mass is 9.83. The van der Waals surface area contributed by atoms with Gasteiger partial charge in [0.1, 0.15) is 5.75 Å². The van der Waals surface area contributed by atoms with Crippen molar-refractivity contribution in [2.24, 2.45) is 0 Å². The molecule has 0 aromatic heterocycles. The Kier molecular flexibility index (Phi) is 9.71. The molecule has 0 fully saturated rings. The quantitative estimate of drug-likeness (QED) is 0.185. The summed E-state index contributed by atoms with van der Waals surface area (Å²) in [4.78, 5) is 34.5. The van der Waals surface area contributed by atoms with Gasteiger partial charge in [-0.25, -0.2) is 0 Å². The highest BCUT2D eigenvalue weighted by Gasteiger charge is 2.38. The Morgan fingerprint density at radius 3 is 0.940 bits per heavy atom. The molecule has 5 aromatic rings. The number of benzene rings is 5. The normalized spacial score (nSPS) is 13.3. The van der Waals surface area contributed by atoms with Crippen LogP contribution in [0.5, 0.6) is 5.75 Å². The number of hydrogen-bond acceptors (Lipinski definition) is 6. The standard InChI is InChI=1S/C44H44O3S3/c1-42(2,3)26-10-16-29(17-11-26)48-33-23-22-32(45)36-37(33)41(47)39-35(50-31-20-14-28(15-21-31)44(7,8)9)25-24-34(38(39)40(36)46)49-30-18-12-27(13-19-30)43(4,5)6/h10-25,45H,1-9H3. The van der Waals surface area contributed by atoms with E-state index in [1.807, 2.05) is 12.1 Å². The maximum absolute atomic E-state index is 14.9.